The molecule has 0 radical (unpaired) electrons. The van der Waals surface area contributed by atoms with E-state index in [0.29, 0.717) is 18.0 Å². The van der Waals surface area contributed by atoms with Crippen LogP contribution in [0.25, 0.3) is 0 Å². The fraction of sp³-hybridized carbons (Fsp3) is 0.111. The Morgan fingerprint density at radius 3 is 2.56 bits per heavy atom. The predicted molar refractivity (Wildman–Crippen MR) is 105 cm³/mol. The molecule has 2 N–H and O–H groups in total. The lowest BCUT2D eigenvalue weighted by molar-refractivity contribution is 0.102. The van der Waals surface area contributed by atoms with Gasteiger partial charge in [-0.3, -0.25) is 4.79 Å². The van der Waals surface area contributed by atoms with E-state index in [9.17, 15) is 9.90 Å². The zero-order chi connectivity index (χ0) is 19.6. The number of ether oxygens (including phenoxy) is 1. The lowest BCUT2D eigenvalue weighted by Gasteiger charge is -2.11. The van der Waals surface area contributed by atoms with Crippen LogP contribution in [0.4, 0.5) is 5.69 Å². The molecule has 1 aromatic heterocycles. The summed E-state index contributed by atoms with van der Waals surface area (Å²) in [5, 5.41) is 12.6. The number of benzene rings is 2. The third kappa shape index (κ3) is 4.30. The van der Waals surface area contributed by atoms with Crippen molar-refractivity contribution in [2.75, 3.05) is 5.32 Å². The van der Waals surface area contributed by atoms with Crippen LogP contribution < -0.4 is 10.1 Å². The highest BCUT2D eigenvalue weighted by atomic mass is 35.5. The quantitative estimate of drug-likeness (QED) is 0.568. The molecule has 0 saturated heterocycles. The number of carbonyl (C=O) groups is 1. The van der Waals surface area contributed by atoms with Gasteiger partial charge in [0.1, 0.15) is 29.5 Å². The second-order valence-corrected chi connectivity index (χ2v) is 6.79. The van der Waals surface area contributed by atoms with Crippen LogP contribution in [0.2, 0.25) is 15.1 Å². The Balaban J connectivity index is 1.70. The van der Waals surface area contributed by atoms with Gasteiger partial charge in [-0.05, 0) is 30.3 Å². The van der Waals surface area contributed by atoms with Gasteiger partial charge in [0, 0.05) is 25.1 Å². The van der Waals surface area contributed by atoms with Crippen molar-refractivity contribution >= 4 is 46.4 Å². The monoisotopic (exact) mass is 425 g/mol. The second kappa shape index (κ2) is 8.08. The SMILES string of the molecule is Cn1ccnc1COc1ccc(NC(=O)c2c(O)c(Cl)cc(Cl)c2Cl)cc1. The number of aromatic nitrogens is 2. The normalized spacial score (nSPS) is 10.7. The molecule has 27 heavy (non-hydrogen) atoms. The van der Waals surface area contributed by atoms with Crippen molar-refractivity contribution in [3.8, 4) is 11.5 Å². The van der Waals surface area contributed by atoms with Crippen molar-refractivity contribution in [1.82, 2.24) is 9.55 Å². The van der Waals surface area contributed by atoms with Crippen LogP contribution in [-0.2, 0) is 13.7 Å². The summed E-state index contributed by atoms with van der Waals surface area (Å²) < 4.78 is 7.52. The Kier molecular flexibility index (Phi) is 5.79. The van der Waals surface area contributed by atoms with Crippen molar-refractivity contribution in [3.05, 3.63) is 69.2 Å². The molecule has 1 heterocycles. The summed E-state index contributed by atoms with van der Waals surface area (Å²) >= 11 is 17.8. The Hall–Kier alpha value is -2.41. The number of phenolic OH excluding ortho intramolecular Hbond substituents is 1. The molecular weight excluding hydrogens is 413 g/mol. The number of rotatable bonds is 5. The molecular formula is C18H14Cl3N3O3. The number of nitrogens with one attached hydrogen (secondary N) is 1. The number of imidazole rings is 1. The molecule has 3 rings (SSSR count). The number of hydrogen-bond donors (Lipinski definition) is 2. The van der Waals surface area contributed by atoms with Crippen LogP contribution in [0.15, 0.2) is 42.7 Å². The smallest absolute Gasteiger partial charge is 0.261 e. The Labute approximate surface area is 170 Å². The third-order valence-electron chi connectivity index (χ3n) is 3.77. The summed E-state index contributed by atoms with van der Waals surface area (Å²) in [7, 11) is 1.88. The van der Waals surface area contributed by atoms with Gasteiger partial charge >= 0.3 is 0 Å². The maximum atomic E-state index is 12.4. The topological polar surface area (TPSA) is 76.4 Å². The van der Waals surface area contributed by atoms with Gasteiger partial charge in [0.2, 0.25) is 0 Å². The zero-order valence-corrected chi connectivity index (χ0v) is 16.3. The minimum absolute atomic E-state index is 0.0624. The average Bonchev–Trinajstić information content (AvgIpc) is 3.05. The van der Waals surface area contributed by atoms with Gasteiger partial charge in [-0.25, -0.2) is 4.98 Å². The van der Waals surface area contributed by atoms with Crippen LogP contribution in [0, 0.1) is 0 Å². The van der Waals surface area contributed by atoms with Crippen LogP contribution >= 0.6 is 34.8 Å². The molecule has 140 valence electrons. The van der Waals surface area contributed by atoms with Gasteiger partial charge in [-0.1, -0.05) is 34.8 Å². The number of phenols is 1. The van der Waals surface area contributed by atoms with Gasteiger partial charge in [0.15, 0.2) is 0 Å². The van der Waals surface area contributed by atoms with E-state index in [0.717, 1.165) is 5.82 Å². The predicted octanol–water partition coefficient (Wildman–Crippen LogP) is 4.92. The molecule has 3 aromatic rings. The first kappa shape index (κ1) is 19.4. The van der Waals surface area contributed by atoms with Crippen LogP contribution in [0.1, 0.15) is 16.2 Å². The Morgan fingerprint density at radius 1 is 1.22 bits per heavy atom. The zero-order valence-electron chi connectivity index (χ0n) is 14.0. The molecule has 0 bridgehead atoms. The van der Waals surface area contributed by atoms with E-state index >= 15 is 0 Å². The van der Waals surface area contributed by atoms with E-state index in [1.54, 1.807) is 30.5 Å². The number of aryl methyl sites for hydroxylation is 1. The van der Waals surface area contributed by atoms with Crippen molar-refractivity contribution in [2.45, 2.75) is 6.61 Å². The number of anilines is 1. The highest BCUT2D eigenvalue weighted by Gasteiger charge is 2.21. The van der Waals surface area contributed by atoms with Crippen LogP contribution in [0.3, 0.4) is 0 Å². The molecule has 0 atom stereocenters. The van der Waals surface area contributed by atoms with Crippen molar-refractivity contribution in [1.29, 1.82) is 0 Å². The summed E-state index contributed by atoms with van der Waals surface area (Å²) in [5.41, 5.74) is 0.292. The van der Waals surface area contributed by atoms with E-state index in [2.05, 4.69) is 10.3 Å². The molecule has 0 fully saturated rings. The largest absolute Gasteiger partial charge is 0.505 e. The Morgan fingerprint density at radius 2 is 1.93 bits per heavy atom. The lowest BCUT2D eigenvalue weighted by atomic mass is 10.1. The van der Waals surface area contributed by atoms with E-state index in [4.69, 9.17) is 39.5 Å². The van der Waals surface area contributed by atoms with E-state index < -0.39 is 11.7 Å². The molecule has 1 amide bonds. The maximum Gasteiger partial charge on any atom is 0.261 e. The molecule has 0 saturated carbocycles. The minimum atomic E-state index is -0.636. The summed E-state index contributed by atoms with van der Waals surface area (Å²) in [6, 6.07) is 7.98. The van der Waals surface area contributed by atoms with E-state index in [-0.39, 0.29) is 20.6 Å². The fourth-order valence-electron chi connectivity index (χ4n) is 2.30. The molecule has 0 aliphatic rings. The first-order valence-electron chi connectivity index (χ1n) is 7.73. The van der Waals surface area contributed by atoms with Crippen molar-refractivity contribution in [2.24, 2.45) is 7.05 Å². The number of aromatic hydroxyl groups is 1. The Bertz CT molecular complexity index is 961. The number of amides is 1. The highest BCUT2D eigenvalue weighted by molar-refractivity contribution is 6.46. The summed E-state index contributed by atoms with van der Waals surface area (Å²) in [6.45, 7) is 0.319. The summed E-state index contributed by atoms with van der Waals surface area (Å²) in [6.07, 6.45) is 3.53. The molecule has 6 nitrogen and oxygen atoms in total. The summed E-state index contributed by atoms with van der Waals surface area (Å²) in [4.78, 5) is 16.6. The summed E-state index contributed by atoms with van der Waals surface area (Å²) in [5.74, 6) is 0.333. The van der Waals surface area contributed by atoms with Crippen molar-refractivity contribution < 1.29 is 14.6 Å². The van der Waals surface area contributed by atoms with Crippen molar-refractivity contribution in [3.63, 3.8) is 0 Å². The molecule has 0 aliphatic heterocycles. The number of hydrogen-bond acceptors (Lipinski definition) is 4. The molecule has 0 unspecified atom stereocenters. The van der Waals surface area contributed by atoms with E-state index in [1.807, 2.05) is 17.8 Å². The molecule has 0 aliphatic carbocycles. The lowest BCUT2D eigenvalue weighted by Crippen LogP contribution is -2.13. The van der Waals surface area contributed by atoms with Gasteiger partial charge in [-0.2, -0.15) is 0 Å². The molecule has 0 spiro atoms. The molecule has 2 aromatic carbocycles. The van der Waals surface area contributed by atoms with Gasteiger partial charge in [0.05, 0.1) is 15.1 Å². The standard InChI is InChI=1S/C18H14Cl3N3O3/c1-24-7-6-22-14(24)9-27-11-4-2-10(3-5-11)23-18(26)15-16(21)12(19)8-13(20)17(15)25/h2-8,25H,9H2,1H3,(H,23,26). The maximum absolute atomic E-state index is 12.4. The highest BCUT2D eigenvalue weighted by Crippen LogP contribution is 2.38. The second-order valence-electron chi connectivity index (χ2n) is 5.60. The van der Waals surface area contributed by atoms with Gasteiger partial charge in [-0.15, -0.1) is 0 Å². The van der Waals surface area contributed by atoms with E-state index in [1.165, 1.54) is 6.07 Å². The number of nitrogens with zero attached hydrogens (tertiary/aromatic N) is 2. The number of halogens is 3. The number of carbonyl (C=O) groups excluding carboxylic acids is 1. The van der Waals surface area contributed by atoms with Gasteiger partial charge < -0.3 is 19.7 Å². The third-order valence-corrected chi connectivity index (χ3v) is 4.85. The fourth-order valence-corrected chi connectivity index (χ4v) is 3.00. The average molecular weight is 427 g/mol. The molecule has 9 heteroatoms. The van der Waals surface area contributed by atoms with Crippen LogP contribution in [-0.4, -0.2) is 20.6 Å². The first-order chi connectivity index (χ1) is 12.9. The van der Waals surface area contributed by atoms with Gasteiger partial charge in [0.25, 0.3) is 5.91 Å². The minimum Gasteiger partial charge on any atom is -0.505 e. The first-order valence-corrected chi connectivity index (χ1v) is 8.87. The van der Waals surface area contributed by atoms with Crippen LogP contribution in [0.5, 0.6) is 11.5 Å².